The third-order valence-electron chi connectivity index (χ3n) is 2.49. The molecule has 2 aromatic carbocycles. The number of hydrogen-bond donors (Lipinski definition) is 2. The molecule has 0 heterocycles. The minimum absolute atomic E-state index is 0.537. The molecule has 18 heavy (non-hydrogen) atoms. The minimum atomic E-state index is 0.537. The molecule has 0 unspecified atom stereocenters. The molecule has 0 bridgehead atoms. The van der Waals surface area contributed by atoms with Gasteiger partial charge in [0.2, 0.25) is 0 Å². The van der Waals surface area contributed by atoms with E-state index in [0.29, 0.717) is 5.11 Å². The van der Waals surface area contributed by atoms with Crippen LogP contribution in [0.15, 0.2) is 47.6 Å². The summed E-state index contributed by atoms with van der Waals surface area (Å²) in [6.45, 7) is 2.78. The Hall–Kier alpha value is -1.94. The van der Waals surface area contributed by atoms with Crippen molar-refractivity contribution in [3.63, 3.8) is 0 Å². The summed E-state index contributed by atoms with van der Waals surface area (Å²) in [5, 5.41) is 10.0. The Kier molecular flexibility index (Phi) is 4.25. The first-order valence-corrected chi connectivity index (χ1v) is 6.26. The van der Waals surface area contributed by atoms with E-state index in [2.05, 4.69) is 40.1 Å². The highest BCUT2D eigenvalue weighted by atomic mass is 32.1. The Morgan fingerprint density at radius 2 is 2.00 bits per heavy atom. The fraction of sp³-hybridized carbons (Fsp3) is 0.143. The summed E-state index contributed by atoms with van der Waals surface area (Å²) in [7, 11) is 0. The largest absolute Gasteiger partial charge is 0.362 e. The van der Waals surface area contributed by atoms with Gasteiger partial charge in [0, 0.05) is 6.54 Å². The molecule has 0 saturated heterocycles. The molecular weight excluding hydrogens is 242 g/mol. The van der Waals surface area contributed by atoms with Crippen LogP contribution in [-0.2, 0) is 0 Å². The van der Waals surface area contributed by atoms with Crippen LogP contribution >= 0.6 is 12.2 Å². The number of rotatable bonds is 3. The molecule has 2 aromatic rings. The summed E-state index contributed by atoms with van der Waals surface area (Å²) in [5.74, 6) is 0. The molecule has 2 N–H and O–H groups in total. The molecule has 0 aliphatic carbocycles. The van der Waals surface area contributed by atoms with Crippen LogP contribution in [0.2, 0.25) is 0 Å². The number of hydrazone groups is 1. The summed E-state index contributed by atoms with van der Waals surface area (Å²) in [5.41, 5.74) is 3.81. The van der Waals surface area contributed by atoms with Gasteiger partial charge in [-0.15, -0.1) is 0 Å². The number of nitrogens with one attached hydrogen (secondary N) is 2. The van der Waals surface area contributed by atoms with Crippen molar-refractivity contribution in [2.45, 2.75) is 6.92 Å². The van der Waals surface area contributed by atoms with Crippen molar-refractivity contribution in [1.82, 2.24) is 10.7 Å². The van der Waals surface area contributed by atoms with Crippen molar-refractivity contribution < 1.29 is 0 Å². The van der Waals surface area contributed by atoms with Gasteiger partial charge in [0.25, 0.3) is 0 Å². The molecule has 0 aliphatic rings. The van der Waals surface area contributed by atoms with E-state index in [1.807, 2.05) is 25.1 Å². The van der Waals surface area contributed by atoms with Crippen LogP contribution in [0.3, 0.4) is 0 Å². The molecule has 0 aromatic heterocycles. The SMILES string of the molecule is CCNC(=S)N/N=C\c1ccc2ccccc2c1. The Bertz CT molecular complexity index is 578. The average molecular weight is 257 g/mol. The maximum atomic E-state index is 5.01. The number of nitrogens with zero attached hydrogens (tertiary/aromatic N) is 1. The van der Waals surface area contributed by atoms with Crippen LogP contribution in [-0.4, -0.2) is 17.9 Å². The first kappa shape index (κ1) is 12.5. The molecule has 0 aliphatic heterocycles. The van der Waals surface area contributed by atoms with Crippen LogP contribution in [0, 0.1) is 0 Å². The van der Waals surface area contributed by atoms with E-state index >= 15 is 0 Å². The lowest BCUT2D eigenvalue weighted by Crippen LogP contribution is -2.31. The summed E-state index contributed by atoms with van der Waals surface area (Å²) in [6.07, 6.45) is 1.76. The third kappa shape index (κ3) is 3.28. The Balaban J connectivity index is 2.07. The molecule has 0 saturated carbocycles. The molecule has 0 radical (unpaired) electrons. The zero-order valence-corrected chi connectivity index (χ0v) is 11.0. The van der Waals surface area contributed by atoms with Crippen LogP contribution in [0.5, 0.6) is 0 Å². The Labute approximate surface area is 112 Å². The highest BCUT2D eigenvalue weighted by molar-refractivity contribution is 7.80. The van der Waals surface area contributed by atoms with Crippen LogP contribution < -0.4 is 10.7 Å². The van der Waals surface area contributed by atoms with Gasteiger partial charge in [0.05, 0.1) is 6.21 Å². The number of fused-ring (bicyclic) bond motifs is 1. The molecule has 3 nitrogen and oxygen atoms in total. The maximum absolute atomic E-state index is 5.01. The van der Waals surface area contributed by atoms with Gasteiger partial charge in [-0.1, -0.05) is 36.4 Å². The molecular formula is C14H15N3S. The van der Waals surface area contributed by atoms with E-state index < -0.39 is 0 Å². The normalized spacial score (nSPS) is 10.7. The fourth-order valence-corrected chi connectivity index (χ4v) is 1.85. The Morgan fingerprint density at radius 1 is 1.22 bits per heavy atom. The summed E-state index contributed by atoms with van der Waals surface area (Å²) in [6, 6.07) is 14.5. The monoisotopic (exact) mass is 257 g/mol. The predicted molar refractivity (Wildman–Crippen MR) is 81.0 cm³/mol. The molecule has 92 valence electrons. The minimum Gasteiger partial charge on any atom is -0.362 e. The van der Waals surface area contributed by atoms with Gasteiger partial charge < -0.3 is 5.32 Å². The van der Waals surface area contributed by atoms with Gasteiger partial charge in [-0.3, -0.25) is 5.43 Å². The topological polar surface area (TPSA) is 36.4 Å². The summed E-state index contributed by atoms with van der Waals surface area (Å²) < 4.78 is 0. The van der Waals surface area contributed by atoms with E-state index in [1.165, 1.54) is 10.8 Å². The maximum Gasteiger partial charge on any atom is 0.186 e. The van der Waals surface area contributed by atoms with E-state index in [9.17, 15) is 0 Å². The first-order chi connectivity index (χ1) is 8.79. The van der Waals surface area contributed by atoms with Crippen molar-refractivity contribution >= 4 is 34.3 Å². The fourth-order valence-electron chi connectivity index (χ4n) is 1.65. The number of benzene rings is 2. The van der Waals surface area contributed by atoms with Crippen molar-refractivity contribution in [1.29, 1.82) is 0 Å². The van der Waals surface area contributed by atoms with E-state index in [4.69, 9.17) is 12.2 Å². The van der Waals surface area contributed by atoms with Gasteiger partial charge in [-0.25, -0.2) is 0 Å². The highest BCUT2D eigenvalue weighted by Crippen LogP contribution is 2.14. The molecule has 0 spiro atoms. The third-order valence-corrected chi connectivity index (χ3v) is 2.73. The zero-order valence-electron chi connectivity index (χ0n) is 10.2. The predicted octanol–water partition coefficient (Wildman–Crippen LogP) is 2.66. The van der Waals surface area contributed by atoms with Crippen molar-refractivity contribution in [2.24, 2.45) is 5.10 Å². The van der Waals surface area contributed by atoms with Gasteiger partial charge >= 0.3 is 0 Å². The lowest BCUT2D eigenvalue weighted by molar-refractivity contribution is 0.904. The smallest absolute Gasteiger partial charge is 0.186 e. The highest BCUT2D eigenvalue weighted by Gasteiger charge is 1.93. The second-order valence-electron chi connectivity index (χ2n) is 3.84. The second kappa shape index (κ2) is 6.12. The van der Waals surface area contributed by atoms with Crippen molar-refractivity contribution in [3.05, 3.63) is 48.0 Å². The summed E-state index contributed by atoms with van der Waals surface area (Å²) >= 11 is 5.01. The quantitative estimate of drug-likeness (QED) is 0.504. The van der Waals surface area contributed by atoms with E-state index in [1.54, 1.807) is 6.21 Å². The van der Waals surface area contributed by atoms with Gasteiger partial charge in [-0.2, -0.15) is 5.10 Å². The van der Waals surface area contributed by atoms with Gasteiger partial charge in [0.15, 0.2) is 5.11 Å². The number of hydrogen-bond acceptors (Lipinski definition) is 2. The molecule has 4 heteroatoms. The van der Waals surface area contributed by atoms with Crippen LogP contribution in [0.25, 0.3) is 10.8 Å². The van der Waals surface area contributed by atoms with Crippen LogP contribution in [0.1, 0.15) is 12.5 Å². The van der Waals surface area contributed by atoms with Crippen molar-refractivity contribution in [3.8, 4) is 0 Å². The molecule has 2 rings (SSSR count). The van der Waals surface area contributed by atoms with Gasteiger partial charge in [-0.05, 0) is 41.5 Å². The lowest BCUT2D eigenvalue weighted by atomic mass is 10.1. The van der Waals surface area contributed by atoms with Crippen LogP contribution in [0.4, 0.5) is 0 Å². The molecule has 0 fully saturated rings. The average Bonchev–Trinajstić information content (AvgIpc) is 2.39. The number of thiocarbonyl (C=S) groups is 1. The standard InChI is InChI=1S/C14H15N3S/c1-2-15-14(18)17-16-10-11-7-8-12-5-3-4-6-13(12)9-11/h3-10H,2H2,1H3,(H2,15,17,18)/b16-10-. The van der Waals surface area contributed by atoms with Gasteiger partial charge in [0.1, 0.15) is 0 Å². The molecule has 0 atom stereocenters. The van der Waals surface area contributed by atoms with Crippen molar-refractivity contribution in [2.75, 3.05) is 6.54 Å². The zero-order chi connectivity index (χ0) is 12.8. The van der Waals surface area contributed by atoms with E-state index in [-0.39, 0.29) is 0 Å². The first-order valence-electron chi connectivity index (χ1n) is 5.85. The summed E-state index contributed by atoms with van der Waals surface area (Å²) in [4.78, 5) is 0. The second-order valence-corrected chi connectivity index (χ2v) is 4.24. The Morgan fingerprint density at radius 3 is 2.78 bits per heavy atom. The lowest BCUT2D eigenvalue weighted by Gasteiger charge is -2.03. The van der Waals surface area contributed by atoms with E-state index in [0.717, 1.165) is 12.1 Å². The molecule has 0 amide bonds.